The number of hydrogen-bond acceptors (Lipinski definition) is 3. The summed E-state index contributed by atoms with van der Waals surface area (Å²) in [4.78, 5) is 15.4. The van der Waals surface area contributed by atoms with Crippen molar-refractivity contribution >= 4 is 17.7 Å². The van der Waals surface area contributed by atoms with Gasteiger partial charge in [0.1, 0.15) is 5.75 Å². The molecule has 0 aromatic heterocycles. The average Bonchev–Trinajstić information content (AvgIpc) is 2.81. The van der Waals surface area contributed by atoms with Gasteiger partial charge in [0, 0.05) is 18.0 Å². The summed E-state index contributed by atoms with van der Waals surface area (Å²) < 4.78 is 5.14. The van der Waals surface area contributed by atoms with E-state index in [4.69, 9.17) is 4.74 Å². The molecule has 4 heteroatoms. The number of rotatable bonds is 5. The second kappa shape index (κ2) is 8.32. The normalized spacial score (nSPS) is 16.3. The van der Waals surface area contributed by atoms with E-state index in [1.165, 1.54) is 25.7 Å². The van der Waals surface area contributed by atoms with Crippen molar-refractivity contribution in [3.8, 4) is 5.75 Å². The molecular formula is C17H25NO2S. The largest absolute Gasteiger partial charge is 0.497 e. The predicted molar refractivity (Wildman–Crippen MR) is 88.0 cm³/mol. The Morgan fingerprint density at radius 3 is 2.38 bits per heavy atom. The summed E-state index contributed by atoms with van der Waals surface area (Å²) in [6.45, 7) is 0. The fraction of sp³-hybridized carbons (Fsp3) is 0.588. The first kappa shape index (κ1) is 16.2. The summed E-state index contributed by atoms with van der Waals surface area (Å²) >= 11 is 1.60. The highest BCUT2D eigenvalue weighted by Crippen LogP contribution is 2.24. The van der Waals surface area contributed by atoms with Crippen molar-refractivity contribution in [2.75, 3.05) is 19.9 Å². The highest BCUT2D eigenvalue weighted by Gasteiger charge is 2.20. The summed E-state index contributed by atoms with van der Waals surface area (Å²) in [6, 6.07) is 8.31. The molecule has 0 atom stereocenters. The maximum atomic E-state index is 12.3. The molecule has 1 saturated carbocycles. The molecule has 1 fully saturated rings. The molecule has 0 radical (unpaired) electrons. The highest BCUT2D eigenvalue weighted by molar-refractivity contribution is 8.00. The van der Waals surface area contributed by atoms with E-state index in [1.807, 2.05) is 36.2 Å². The summed E-state index contributed by atoms with van der Waals surface area (Å²) in [5.41, 5.74) is 0. The Morgan fingerprint density at radius 2 is 1.81 bits per heavy atom. The van der Waals surface area contributed by atoms with E-state index in [0.717, 1.165) is 23.5 Å². The third-order valence-electron chi connectivity index (χ3n) is 4.19. The Morgan fingerprint density at radius 1 is 1.19 bits per heavy atom. The quantitative estimate of drug-likeness (QED) is 0.609. The lowest BCUT2D eigenvalue weighted by atomic mass is 10.1. The van der Waals surface area contributed by atoms with Crippen LogP contribution in [-0.2, 0) is 4.79 Å². The Bertz CT molecular complexity index is 439. The number of carbonyl (C=O) groups is 1. The smallest absolute Gasteiger partial charge is 0.232 e. The van der Waals surface area contributed by atoms with Crippen LogP contribution in [0.25, 0.3) is 0 Å². The number of carbonyl (C=O) groups excluding carboxylic acids is 1. The number of thioether (sulfide) groups is 1. The Balaban J connectivity index is 1.82. The van der Waals surface area contributed by atoms with Gasteiger partial charge in [-0.2, -0.15) is 0 Å². The third-order valence-corrected chi connectivity index (χ3v) is 5.18. The van der Waals surface area contributed by atoms with Crippen molar-refractivity contribution in [3.63, 3.8) is 0 Å². The second-order valence-corrected chi connectivity index (χ2v) is 6.66. The SMILES string of the molecule is COc1ccc(SCC(=O)N(C)C2CCCCCC2)cc1. The van der Waals surface area contributed by atoms with Crippen LogP contribution in [0.15, 0.2) is 29.2 Å². The molecule has 0 aliphatic heterocycles. The van der Waals surface area contributed by atoms with Crippen LogP contribution in [0, 0.1) is 0 Å². The van der Waals surface area contributed by atoms with Crippen LogP contribution >= 0.6 is 11.8 Å². The van der Waals surface area contributed by atoms with Gasteiger partial charge >= 0.3 is 0 Å². The summed E-state index contributed by atoms with van der Waals surface area (Å²) in [7, 11) is 3.63. The molecule has 1 aromatic carbocycles. The zero-order valence-electron chi connectivity index (χ0n) is 13.0. The van der Waals surface area contributed by atoms with Gasteiger partial charge in [-0.15, -0.1) is 11.8 Å². The first-order valence-electron chi connectivity index (χ1n) is 7.73. The van der Waals surface area contributed by atoms with Crippen LogP contribution in [0.5, 0.6) is 5.75 Å². The minimum atomic E-state index is 0.239. The molecule has 0 unspecified atom stereocenters. The van der Waals surface area contributed by atoms with E-state index >= 15 is 0 Å². The van der Waals surface area contributed by atoms with Crippen molar-refractivity contribution in [1.29, 1.82) is 0 Å². The molecule has 0 saturated heterocycles. The van der Waals surface area contributed by atoms with Gasteiger partial charge in [0.2, 0.25) is 5.91 Å². The van der Waals surface area contributed by atoms with E-state index < -0.39 is 0 Å². The van der Waals surface area contributed by atoms with Gasteiger partial charge in [-0.3, -0.25) is 4.79 Å². The van der Waals surface area contributed by atoms with E-state index in [1.54, 1.807) is 18.9 Å². The van der Waals surface area contributed by atoms with Crippen LogP contribution in [0.3, 0.4) is 0 Å². The van der Waals surface area contributed by atoms with Crippen molar-refractivity contribution in [3.05, 3.63) is 24.3 Å². The minimum Gasteiger partial charge on any atom is -0.497 e. The molecule has 1 aliphatic carbocycles. The monoisotopic (exact) mass is 307 g/mol. The summed E-state index contributed by atoms with van der Waals surface area (Å²) in [6.07, 6.45) is 7.48. The first-order valence-corrected chi connectivity index (χ1v) is 8.72. The molecular weight excluding hydrogens is 282 g/mol. The van der Waals surface area contributed by atoms with Crippen LogP contribution in [-0.4, -0.2) is 36.8 Å². The molecule has 116 valence electrons. The summed E-state index contributed by atoms with van der Waals surface area (Å²) in [5, 5.41) is 0. The number of nitrogens with zero attached hydrogens (tertiary/aromatic N) is 1. The van der Waals surface area contributed by atoms with Crippen molar-refractivity contribution in [2.45, 2.75) is 49.5 Å². The van der Waals surface area contributed by atoms with Gasteiger partial charge in [0.05, 0.1) is 12.9 Å². The molecule has 0 bridgehead atoms. The molecule has 1 aromatic rings. The molecule has 3 nitrogen and oxygen atoms in total. The fourth-order valence-corrected chi connectivity index (χ4v) is 3.59. The number of hydrogen-bond donors (Lipinski definition) is 0. The lowest BCUT2D eigenvalue weighted by Crippen LogP contribution is -2.37. The van der Waals surface area contributed by atoms with Crippen molar-refractivity contribution in [2.24, 2.45) is 0 Å². The number of methoxy groups -OCH3 is 1. The Kier molecular flexibility index (Phi) is 6.43. The number of amides is 1. The lowest BCUT2D eigenvalue weighted by Gasteiger charge is -2.27. The first-order chi connectivity index (χ1) is 10.2. The van der Waals surface area contributed by atoms with E-state index in [0.29, 0.717) is 11.8 Å². The fourth-order valence-electron chi connectivity index (χ4n) is 2.77. The predicted octanol–water partition coefficient (Wildman–Crippen LogP) is 3.97. The minimum absolute atomic E-state index is 0.239. The zero-order chi connectivity index (χ0) is 15.1. The van der Waals surface area contributed by atoms with E-state index in [9.17, 15) is 4.79 Å². The number of benzene rings is 1. The molecule has 1 aliphatic rings. The van der Waals surface area contributed by atoms with Crippen molar-refractivity contribution in [1.82, 2.24) is 4.90 Å². The third kappa shape index (κ3) is 4.95. The van der Waals surface area contributed by atoms with E-state index in [2.05, 4.69) is 0 Å². The Hall–Kier alpha value is -1.16. The van der Waals surface area contributed by atoms with Crippen LogP contribution in [0.1, 0.15) is 38.5 Å². The van der Waals surface area contributed by atoms with E-state index in [-0.39, 0.29) is 5.91 Å². The molecule has 0 spiro atoms. The van der Waals surface area contributed by atoms with Gasteiger partial charge in [0.25, 0.3) is 0 Å². The van der Waals surface area contributed by atoms with Crippen LogP contribution < -0.4 is 4.74 Å². The van der Waals surface area contributed by atoms with Gasteiger partial charge in [-0.05, 0) is 37.1 Å². The second-order valence-electron chi connectivity index (χ2n) is 5.61. The highest BCUT2D eigenvalue weighted by atomic mass is 32.2. The topological polar surface area (TPSA) is 29.5 Å². The molecule has 0 N–H and O–H groups in total. The van der Waals surface area contributed by atoms with Gasteiger partial charge < -0.3 is 9.64 Å². The molecule has 2 rings (SSSR count). The maximum absolute atomic E-state index is 12.3. The number of ether oxygens (including phenoxy) is 1. The maximum Gasteiger partial charge on any atom is 0.232 e. The molecule has 0 heterocycles. The molecule has 21 heavy (non-hydrogen) atoms. The van der Waals surface area contributed by atoms with Crippen LogP contribution in [0.2, 0.25) is 0 Å². The van der Waals surface area contributed by atoms with Gasteiger partial charge in [-0.25, -0.2) is 0 Å². The van der Waals surface area contributed by atoms with Gasteiger partial charge in [0.15, 0.2) is 0 Å². The van der Waals surface area contributed by atoms with Crippen molar-refractivity contribution < 1.29 is 9.53 Å². The van der Waals surface area contributed by atoms with Gasteiger partial charge in [-0.1, -0.05) is 25.7 Å². The lowest BCUT2D eigenvalue weighted by molar-refractivity contribution is -0.129. The summed E-state index contributed by atoms with van der Waals surface area (Å²) in [5.74, 6) is 1.60. The Labute approximate surface area is 132 Å². The zero-order valence-corrected chi connectivity index (χ0v) is 13.8. The van der Waals surface area contributed by atoms with Crippen LogP contribution in [0.4, 0.5) is 0 Å². The molecule has 1 amide bonds. The average molecular weight is 307 g/mol. The standard InChI is InChI=1S/C17H25NO2S/c1-18(14-7-5-3-4-6-8-14)17(19)13-21-16-11-9-15(20-2)10-12-16/h9-12,14H,3-8,13H2,1-2H3.